The van der Waals surface area contributed by atoms with Crippen LogP contribution in [0.2, 0.25) is 0 Å². The van der Waals surface area contributed by atoms with E-state index in [2.05, 4.69) is 0 Å². The second kappa shape index (κ2) is 5.40. The van der Waals surface area contributed by atoms with Crippen LogP contribution in [0.15, 0.2) is 48.2 Å². The van der Waals surface area contributed by atoms with Gasteiger partial charge < -0.3 is 14.8 Å². The molecule has 1 heterocycles. The monoisotopic (exact) mass is 282 g/mol. The lowest BCUT2D eigenvalue weighted by Gasteiger charge is -2.25. The number of carboxylic acid groups (broad SMARTS) is 1. The van der Waals surface area contributed by atoms with Gasteiger partial charge in [-0.1, -0.05) is 30.4 Å². The first-order valence-corrected chi connectivity index (χ1v) is 5.87. The molecule has 0 atom stereocenters. The van der Waals surface area contributed by atoms with Gasteiger partial charge in [0.1, 0.15) is 0 Å². The van der Waals surface area contributed by atoms with Crippen LogP contribution >= 0.6 is 0 Å². The third-order valence-electron chi connectivity index (χ3n) is 2.89. The number of benzene rings is 1. The van der Waals surface area contributed by atoms with Gasteiger partial charge in [-0.15, -0.1) is 0 Å². The average molecular weight is 282 g/mol. The fraction of sp³-hybridized carbons (Fsp3) is 0.214. The predicted molar refractivity (Wildman–Crippen MR) is 64.1 cm³/mol. The highest BCUT2D eigenvalue weighted by molar-refractivity contribution is 5.88. The minimum absolute atomic E-state index is 0.0171. The molecule has 1 aromatic carbocycles. The molecular formula is C14H11F3NO2-. The maximum atomic E-state index is 12.9. The zero-order valence-corrected chi connectivity index (χ0v) is 10.4. The van der Waals surface area contributed by atoms with E-state index in [0.717, 1.165) is 6.07 Å². The highest BCUT2D eigenvalue weighted by Crippen LogP contribution is 2.32. The molecule has 0 saturated carbocycles. The SMILES string of the molecule is O=C([O-])C1=CN(Cc2ccccc2C(F)(F)F)CC=C1. The first kappa shape index (κ1) is 14.2. The lowest BCUT2D eigenvalue weighted by Crippen LogP contribution is -2.29. The molecule has 0 radical (unpaired) electrons. The molecule has 1 aliphatic rings. The number of nitrogens with zero attached hydrogens (tertiary/aromatic N) is 1. The molecule has 0 unspecified atom stereocenters. The molecule has 2 rings (SSSR count). The van der Waals surface area contributed by atoms with Gasteiger partial charge in [-0.3, -0.25) is 0 Å². The molecule has 1 aliphatic heterocycles. The second-order valence-corrected chi connectivity index (χ2v) is 4.36. The Hall–Kier alpha value is -2.24. The van der Waals surface area contributed by atoms with E-state index in [1.54, 1.807) is 6.08 Å². The van der Waals surface area contributed by atoms with E-state index in [4.69, 9.17) is 0 Å². The molecule has 0 aromatic heterocycles. The molecule has 0 spiro atoms. The highest BCUT2D eigenvalue weighted by atomic mass is 19.4. The van der Waals surface area contributed by atoms with Crippen LogP contribution in [0, 0.1) is 0 Å². The molecule has 0 fully saturated rings. The van der Waals surface area contributed by atoms with Crippen molar-refractivity contribution in [3.63, 3.8) is 0 Å². The highest BCUT2D eigenvalue weighted by Gasteiger charge is 2.33. The normalized spacial score (nSPS) is 15.2. The van der Waals surface area contributed by atoms with Crippen molar-refractivity contribution in [2.75, 3.05) is 6.54 Å². The quantitative estimate of drug-likeness (QED) is 0.847. The van der Waals surface area contributed by atoms with Crippen molar-refractivity contribution in [1.82, 2.24) is 4.90 Å². The summed E-state index contributed by atoms with van der Waals surface area (Å²) in [7, 11) is 0. The second-order valence-electron chi connectivity index (χ2n) is 4.36. The molecule has 3 nitrogen and oxygen atoms in total. The number of aliphatic carboxylic acids is 1. The third kappa shape index (κ3) is 3.20. The van der Waals surface area contributed by atoms with Gasteiger partial charge in [0.25, 0.3) is 0 Å². The van der Waals surface area contributed by atoms with Crippen molar-refractivity contribution in [2.45, 2.75) is 12.7 Å². The molecule has 6 heteroatoms. The lowest BCUT2D eigenvalue weighted by atomic mass is 10.1. The average Bonchev–Trinajstić information content (AvgIpc) is 2.38. The van der Waals surface area contributed by atoms with Crippen LogP contribution in [-0.2, 0) is 17.5 Å². The number of hydrogen-bond acceptors (Lipinski definition) is 3. The third-order valence-corrected chi connectivity index (χ3v) is 2.89. The van der Waals surface area contributed by atoms with Crippen LogP contribution < -0.4 is 5.11 Å². The van der Waals surface area contributed by atoms with Gasteiger partial charge in [0.2, 0.25) is 0 Å². The molecule has 106 valence electrons. The molecule has 0 saturated heterocycles. The Balaban J connectivity index is 2.24. The van der Waals surface area contributed by atoms with Crippen LogP contribution in [0.1, 0.15) is 11.1 Å². The Morgan fingerprint density at radius 2 is 2.00 bits per heavy atom. The maximum Gasteiger partial charge on any atom is 0.416 e. The molecule has 0 aliphatic carbocycles. The number of hydrogen-bond donors (Lipinski definition) is 0. The minimum atomic E-state index is -4.43. The largest absolute Gasteiger partial charge is 0.545 e. The van der Waals surface area contributed by atoms with E-state index in [0.29, 0.717) is 6.54 Å². The molecule has 0 bridgehead atoms. The molecular weight excluding hydrogens is 271 g/mol. The molecule has 20 heavy (non-hydrogen) atoms. The topological polar surface area (TPSA) is 43.4 Å². The van der Waals surface area contributed by atoms with E-state index in [1.165, 1.54) is 35.4 Å². The van der Waals surface area contributed by atoms with E-state index >= 15 is 0 Å². The summed E-state index contributed by atoms with van der Waals surface area (Å²) in [5.41, 5.74) is -0.664. The number of halogens is 3. The van der Waals surface area contributed by atoms with Crippen molar-refractivity contribution >= 4 is 5.97 Å². The minimum Gasteiger partial charge on any atom is -0.545 e. The van der Waals surface area contributed by atoms with Gasteiger partial charge in [-0.05, 0) is 11.6 Å². The Morgan fingerprint density at radius 1 is 1.30 bits per heavy atom. The van der Waals surface area contributed by atoms with Crippen molar-refractivity contribution < 1.29 is 23.1 Å². The zero-order valence-electron chi connectivity index (χ0n) is 10.4. The Morgan fingerprint density at radius 3 is 2.65 bits per heavy atom. The lowest BCUT2D eigenvalue weighted by molar-refractivity contribution is -0.298. The first-order chi connectivity index (χ1) is 9.38. The van der Waals surface area contributed by atoms with E-state index < -0.39 is 17.7 Å². The fourth-order valence-corrected chi connectivity index (χ4v) is 1.99. The van der Waals surface area contributed by atoms with Gasteiger partial charge in [0.05, 0.1) is 11.5 Å². The Labute approximate surface area is 113 Å². The summed E-state index contributed by atoms with van der Waals surface area (Å²) >= 11 is 0. The summed E-state index contributed by atoms with van der Waals surface area (Å²) in [6.07, 6.45) is -0.186. The van der Waals surface area contributed by atoms with Crippen molar-refractivity contribution in [3.05, 3.63) is 59.3 Å². The number of alkyl halides is 3. The Kier molecular flexibility index (Phi) is 3.83. The molecule has 1 aromatic rings. The van der Waals surface area contributed by atoms with Crippen LogP contribution in [0.4, 0.5) is 13.2 Å². The fourth-order valence-electron chi connectivity index (χ4n) is 1.99. The van der Waals surface area contributed by atoms with Crippen LogP contribution in [0.3, 0.4) is 0 Å². The van der Waals surface area contributed by atoms with Crippen molar-refractivity contribution in [2.24, 2.45) is 0 Å². The number of carboxylic acids is 1. The van der Waals surface area contributed by atoms with Gasteiger partial charge >= 0.3 is 6.18 Å². The standard InChI is InChI=1S/C14H12F3NO2/c15-14(16,17)12-6-2-1-4-10(12)8-18-7-3-5-11(9-18)13(19)20/h1-6,9H,7-8H2,(H,19,20)/p-1. The smallest absolute Gasteiger partial charge is 0.416 e. The number of rotatable bonds is 3. The summed E-state index contributed by atoms with van der Waals surface area (Å²) in [6.45, 7) is 0.333. The van der Waals surface area contributed by atoms with Crippen LogP contribution in [0.5, 0.6) is 0 Å². The Bertz CT molecular complexity index is 576. The zero-order chi connectivity index (χ0) is 14.8. The number of carbonyl (C=O) groups excluding carboxylic acids is 1. The summed E-state index contributed by atoms with van der Waals surface area (Å²) in [5, 5.41) is 10.7. The van der Waals surface area contributed by atoms with Crippen molar-refractivity contribution in [3.8, 4) is 0 Å². The maximum absolute atomic E-state index is 12.9. The van der Waals surface area contributed by atoms with E-state index in [1.807, 2.05) is 0 Å². The summed E-state index contributed by atoms with van der Waals surface area (Å²) in [4.78, 5) is 12.2. The predicted octanol–water partition coefficient (Wildman–Crippen LogP) is 1.71. The van der Waals surface area contributed by atoms with Crippen molar-refractivity contribution in [1.29, 1.82) is 0 Å². The van der Waals surface area contributed by atoms with E-state index in [9.17, 15) is 23.1 Å². The van der Waals surface area contributed by atoms with Gasteiger partial charge in [-0.2, -0.15) is 13.2 Å². The summed E-state index contributed by atoms with van der Waals surface area (Å²) in [5.74, 6) is -1.35. The first-order valence-electron chi connectivity index (χ1n) is 5.87. The van der Waals surface area contributed by atoms with Gasteiger partial charge in [0, 0.05) is 24.9 Å². The molecule has 0 amide bonds. The molecule has 0 N–H and O–H groups in total. The van der Waals surface area contributed by atoms with Crippen LogP contribution in [0.25, 0.3) is 0 Å². The van der Waals surface area contributed by atoms with Gasteiger partial charge in [-0.25, -0.2) is 0 Å². The summed E-state index contributed by atoms with van der Waals surface area (Å²) < 4.78 is 38.6. The summed E-state index contributed by atoms with van der Waals surface area (Å²) in [6, 6.07) is 5.24. The van der Waals surface area contributed by atoms with Gasteiger partial charge in [0.15, 0.2) is 0 Å². The number of carbonyl (C=O) groups is 1. The van der Waals surface area contributed by atoms with E-state index in [-0.39, 0.29) is 17.7 Å². The van der Waals surface area contributed by atoms with Crippen LogP contribution in [-0.4, -0.2) is 17.4 Å².